The van der Waals surface area contributed by atoms with Gasteiger partial charge in [-0.25, -0.2) is 0 Å². The second kappa shape index (κ2) is 7.21. The molecule has 3 rings (SSSR count). The van der Waals surface area contributed by atoms with Crippen LogP contribution in [0.3, 0.4) is 0 Å². The molecule has 1 atom stereocenters. The van der Waals surface area contributed by atoms with Gasteiger partial charge in [-0.1, -0.05) is 18.2 Å². The standard InChI is InChI=1S/C20H21NO3/c1-3-23-18-13-16-11-14(2)24-19(16)12-15(18)9-10-20(22)21-17-7-5-4-6-8-17/h4-10,12-14H,3,11H2,1-2H3,(H,21,22). The van der Waals surface area contributed by atoms with Crippen molar-refractivity contribution in [2.24, 2.45) is 0 Å². The SMILES string of the molecule is CCOc1cc2c(cc1C=CC(=O)Nc1ccccc1)OC(C)C2. The first-order chi connectivity index (χ1) is 11.7. The Labute approximate surface area is 142 Å². The van der Waals surface area contributed by atoms with E-state index in [0.717, 1.165) is 34.7 Å². The highest BCUT2D eigenvalue weighted by atomic mass is 16.5. The molecule has 0 saturated heterocycles. The van der Waals surface area contributed by atoms with Gasteiger partial charge in [0.25, 0.3) is 0 Å². The van der Waals surface area contributed by atoms with Gasteiger partial charge in [0.15, 0.2) is 0 Å². The van der Waals surface area contributed by atoms with Crippen molar-refractivity contribution in [3.63, 3.8) is 0 Å². The van der Waals surface area contributed by atoms with Crippen LogP contribution in [0.5, 0.6) is 11.5 Å². The van der Waals surface area contributed by atoms with Crippen LogP contribution in [0.2, 0.25) is 0 Å². The van der Waals surface area contributed by atoms with Crippen molar-refractivity contribution in [2.45, 2.75) is 26.4 Å². The van der Waals surface area contributed by atoms with Gasteiger partial charge in [-0.05, 0) is 44.2 Å². The van der Waals surface area contributed by atoms with Crippen LogP contribution in [0.4, 0.5) is 5.69 Å². The van der Waals surface area contributed by atoms with E-state index >= 15 is 0 Å². The van der Waals surface area contributed by atoms with E-state index in [1.165, 1.54) is 6.08 Å². The maximum atomic E-state index is 12.1. The van der Waals surface area contributed by atoms with Gasteiger partial charge in [0, 0.05) is 29.3 Å². The predicted octanol–water partition coefficient (Wildman–Crippen LogP) is 4.06. The molecule has 0 aromatic heterocycles. The summed E-state index contributed by atoms with van der Waals surface area (Å²) in [5.74, 6) is 1.46. The van der Waals surface area contributed by atoms with Gasteiger partial charge in [0.05, 0.1) is 6.61 Å². The molecule has 1 aliphatic rings. The number of benzene rings is 2. The maximum absolute atomic E-state index is 12.1. The number of rotatable bonds is 5. The lowest BCUT2D eigenvalue weighted by atomic mass is 10.1. The summed E-state index contributed by atoms with van der Waals surface area (Å²) in [6.07, 6.45) is 4.33. The second-order valence-electron chi connectivity index (χ2n) is 5.75. The number of ether oxygens (including phenoxy) is 2. The van der Waals surface area contributed by atoms with Crippen molar-refractivity contribution in [2.75, 3.05) is 11.9 Å². The zero-order chi connectivity index (χ0) is 16.9. The summed E-state index contributed by atoms with van der Waals surface area (Å²) in [6, 6.07) is 13.3. The van der Waals surface area contributed by atoms with E-state index in [1.807, 2.05) is 56.3 Å². The summed E-state index contributed by atoms with van der Waals surface area (Å²) in [6.45, 7) is 4.57. The normalized spacial score (nSPS) is 15.8. The molecule has 0 saturated carbocycles. The van der Waals surface area contributed by atoms with E-state index in [1.54, 1.807) is 6.08 Å². The summed E-state index contributed by atoms with van der Waals surface area (Å²) in [7, 11) is 0. The van der Waals surface area contributed by atoms with Crippen molar-refractivity contribution in [1.82, 2.24) is 0 Å². The summed E-state index contributed by atoms with van der Waals surface area (Å²) in [5.41, 5.74) is 2.76. The number of hydrogen-bond donors (Lipinski definition) is 1. The van der Waals surface area contributed by atoms with Gasteiger partial charge in [-0.2, -0.15) is 0 Å². The minimum atomic E-state index is -0.182. The fourth-order valence-corrected chi connectivity index (χ4v) is 2.74. The molecule has 1 N–H and O–H groups in total. The molecular weight excluding hydrogens is 302 g/mol. The fourth-order valence-electron chi connectivity index (χ4n) is 2.74. The molecule has 1 amide bonds. The molecule has 2 aromatic carbocycles. The average molecular weight is 323 g/mol. The van der Waals surface area contributed by atoms with E-state index in [4.69, 9.17) is 9.47 Å². The topological polar surface area (TPSA) is 47.6 Å². The predicted molar refractivity (Wildman–Crippen MR) is 95.5 cm³/mol. The zero-order valence-corrected chi connectivity index (χ0v) is 13.9. The van der Waals surface area contributed by atoms with Gasteiger partial charge in [-0.15, -0.1) is 0 Å². The molecule has 24 heavy (non-hydrogen) atoms. The van der Waals surface area contributed by atoms with E-state index < -0.39 is 0 Å². The van der Waals surface area contributed by atoms with Gasteiger partial charge in [-0.3, -0.25) is 4.79 Å². The first kappa shape index (κ1) is 16.1. The molecule has 1 aliphatic heterocycles. The molecule has 0 bridgehead atoms. The highest BCUT2D eigenvalue weighted by Crippen LogP contribution is 2.35. The number of amides is 1. The van der Waals surface area contributed by atoms with Crippen LogP contribution < -0.4 is 14.8 Å². The number of para-hydroxylation sites is 1. The van der Waals surface area contributed by atoms with Crippen molar-refractivity contribution < 1.29 is 14.3 Å². The summed E-state index contributed by atoms with van der Waals surface area (Å²) in [5, 5.41) is 2.83. The molecular formula is C20H21NO3. The molecule has 4 nitrogen and oxygen atoms in total. The molecule has 0 aliphatic carbocycles. The largest absolute Gasteiger partial charge is 0.493 e. The Balaban J connectivity index is 1.78. The smallest absolute Gasteiger partial charge is 0.248 e. The van der Waals surface area contributed by atoms with Crippen LogP contribution in [-0.2, 0) is 11.2 Å². The average Bonchev–Trinajstić information content (AvgIpc) is 2.93. The molecule has 1 unspecified atom stereocenters. The van der Waals surface area contributed by atoms with Crippen LogP contribution in [0, 0.1) is 0 Å². The molecule has 1 heterocycles. The second-order valence-corrected chi connectivity index (χ2v) is 5.75. The Hall–Kier alpha value is -2.75. The third-order valence-electron chi connectivity index (χ3n) is 3.78. The van der Waals surface area contributed by atoms with E-state index in [9.17, 15) is 4.79 Å². The Morgan fingerprint density at radius 3 is 2.88 bits per heavy atom. The zero-order valence-electron chi connectivity index (χ0n) is 13.9. The minimum Gasteiger partial charge on any atom is -0.493 e. The van der Waals surface area contributed by atoms with E-state index in [-0.39, 0.29) is 12.0 Å². The number of nitrogens with one attached hydrogen (secondary N) is 1. The molecule has 4 heteroatoms. The first-order valence-electron chi connectivity index (χ1n) is 8.16. The molecule has 0 fully saturated rings. The van der Waals surface area contributed by atoms with Crippen LogP contribution >= 0.6 is 0 Å². The molecule has 124 valence electrons. The number of hydrogen-bond acceptors (Lipinski definition) is 3. The third-order valence-corrected chi connectivity index (χ3v) is 3.78. The Kier molecular flexibility index (Phi) is 4.85. The van der Waals surface area contributed by atoms with Crippen LogP contribution in [0.25, 0.3) is 6.08 Å². The third kappa shape index (κ3) is 3.77. The van der Waals surface area contributed by atoms with E-state index in [2.05, 4.69) is 5.32 Å². The Morgan fingerprint density at radius 2 is 2.12 bits per heavy atom. The van der Waals surface area contributed by atoms with E-state index in [0.29, 0.717) is 6.61 Å². The lowest BCUT2D eigenvalue weighted by Crippen LogP contribution is -2.07. The minimum absolute atomic E-state index is 0.176. The fraction of sp³-hybridized carbons (Fsp3) is 0.250. The number of carbonyl (C=O) groups is 1. The Morgan fingerprint density at radius 1 is 1.33 bits per heavy atom. The monoisotopic (exact) mass is 323 g/mol. The van der Waals surface area contributed by atoms with Gasteiger partial charge in [0.1, 0.15) is 17.6 Å². The Bertz CT molecular complexity index is 753. The molecule has 2 aromatic rings. The van der Waals surface area contributed by atoms with Crippen LogP contribution in [0.1, 0.15) is 25.0 Å². The van der Waals surface area contributed by atoms with Crippen LogP contribution in [0.15, 0.2) is 48.5 Å². The van der Waals surface area contributed by atoms with Crippen molar-refractivity contribution in [1.29, 1.82) is 0 Å². The summed E-state index contributed by atoms with van der Waals surface area (Å²) < 4.78 is 11.5. The van der Waals surface area contributed by atoms with Gasteiger partial charge >= 0.3 is 0 Å². The lowest BCUT2D eigenvalue weighted by Gasteiger charge is -2.10. The van der Waals surface area contributed by atoms with Gasteiger partial charge in [0.2, 0.25) is 5.91 Å². The maximum Gasteiger partial charge on any atom is 0.248 e. The van der Waals surface area contributed by atoms with Crippen molar-refractivity contribution in [3.05, 3.63) is 59.7 Å². The lowest BCUT2D eigenvalue weighted by molar-refractivity contribution is -0.111. The van der Waals surface area contributed by atoms with Crippen LogP contribution in [-0.4, -0.2) is 18.6 Å². The molecule has 0 spiro atoms. The highest BCUT2D eigenvalue weighted by Gasteiger charge is 2.21. The number of fused-ring (bicyclic) bond motifs is 1. The summed E-state index contributed by atoms with van der Waals surface area (Å²) >= 11 is 0. The number of anilines is 1. The van der Waals surface area contributed by atoms with Crippen molar-refractivity contribution >= 4 is 17.7 Å². The first-order valence-corrected chi connectivity index (χ1v) is 8.16. The molecule has 0 radical (unpaired) electrons. The highest BCUT2D eigenvalue weighted by molar-refractivity contribution is 6.02. The van der Waals surface area contributed by atoms with Crippen molar-refractivity contribution in [3.8, 4) is 11.5 Å². The quantitative estimate of drug-likeness (QED) is 0.844. The van der Waals surface area contributed by atoms with Gasteiger partial charge < -0.3 is 14.8 Å². The number of carbonyl (C=O) groups excluding carboxylic acids is 1. The summed E-state index contributed by atoms with van der Waals surface area (Å²) in [4.78, 5) is 12.1.